The normalized spacial score (nSPS) is 22.8. The number of halogens is 6. The summed E-state index contributed by atoms with van der Waals surface area (Å²) in [5.41, 5.74) is -3.73. The Balaban J connectivity index is 1.78. The van der Waals surface area contributed by atoms with Gasteiger partial charge in [0.25, 0.3) is 0 Å². The largest absolute Gasteiger partial charge is 0.459 e. The second kappa shape index (κ2) is 9.88. The van der Waals surface area contributed by atoms with Crippen LogP contribution in [-0.4, -0.2) is 51.2 Å². The van der Waals surface area contributed by atoms with Gasteiger partial charge in [-0.3, -0.25) is 10.1 Å². The molecule has 2 aromatic rings. The Kier molecular flexibility index (Phi) is 7.25. The molecule has 2 heterocycles. The van der Waals surface area contributed by atoms with E-state index in [1.165, 1.54) is 4.90 Å². The summed E-state index contributed by atoms with van der Waals surface area (Å²) >= 11 is 0. The molecule has 1 amide bonds. The van der Waals surface area contributed by atoms with Crippen molar-refractivity contribution in [2.75, 3.05) is 24.4 Å². The number of ether oxygens (including phenoxy) is 1. The van der Waals surface area contributed by atoms with Crippen molar-refractivity contribution in [3.8, 4) is 0 Å². The lowest BCUT2D eigenvalue weighted by Crippen LogP contribution is -2.52. The van der Waals surface area contributed by atoms with Crippen molar-refractivity contribution < 1.29 is 44.3 Å². The monoisotopic (exact) mass is 563 g/mol. The first kappa shape index (κ1) is 27.9. The zero-order chi connectivity index (χ0) is 28.0. The number of alkyl halides is 6. The smallest absolute Gasteiger partial charge is 0.416 e. The number of hydrogen-bond donors (Lipinski definition) is 1. The van der Waals surface area contributed by atoms with Crippen LogP contribution in [0.2, 0.25) is 0 Å². The first-order chi connectivity index (χ1) is 17.6. The lowest BCUT2D eigenvalue weighted by atomic mass is 9.89. The first-order valence-electron chi connectivity index (χ1n) is 11.3. The molecular formula is C24H23F6N3O4S. The molecule has 7 nitrogen and oxygen atoms in total. The van der Waals surface area contributed by atoms with E-state index >= 15 is 0 Å². The average molecular weight is 564 g/mol. The maximum Gasteiger partial charge on any atom is 0.416 e. The summed E-state index contributed by atoms with van der Waals surface area (Å²) in [6.07, 6.45) is -9.56. The number of sulfone groups is 1. The van der Waals surface area contributed by atoms with Crippen LogP contribution in [0.15, 0.2) is 47.5 Å². The van der Waals surface area contributed by atoms with Gasteiger partial charge >= 0.3 is 12.4 Å². The summed E-state index contributed by atoms with van der Waals surface area (Å²) in [6.45, 7) is 1.14. The van der Waals surface area contributed by atoms with Crippen molar-refractivity contribution in [2.24, 2.45) is 10.9 Å². The van der Waals surface area contributed by atoms with E-state index in [1.54, 1.807) is 31.2 Å². The van der Waals surface area contributed by atoms with Gasteiger partial charge in [0.15, 0.2) is 9.84 Å². The Morgan fingerprint density at radius 1 is 1.05 bits per heavy atom. The van der Waals surface area contributed by atoms with E-state index in [4.69, 9.17) is 4.74 Å². The Morgan fingerprint density at radius 2 is 1.66 bits per heavy atom. The number of amides is 1. The first-order valence-corrected chi connectivity index (χ1v) is 13.3. The molecule has 38 heavy (non-hydrogen) atoms. The van der Waals surface area contributed by atoms with E-state index in [2.05, 4.69) is 10.3 Å². The number of benzene rings is 2. The molecule has 0 bridgehead atoms. The fraction of sp³-hybridized carbons (Fsp3) is 0.417. The van der Waals surface area contributed by atoms with E-state index in [9.17, 15) is 39.6 Å². The maximum atomic E-state index is 13.8. The van der Waals surface area contributed by atoms with Gasteiger partial charge in [-0.05, 0) is 48.7 Å². The van der Waals surface area contributed by atoms with E-state index in [0.29, 0.717) is 23.4 Å². The second-order valence-electron chi connectivity index (χ2n) is 9.17. The minimum absolute atomic E-state index is 0.0290. The summed E-state index contributed by atoms with van der Waals surface area (Å²) in [5, 5.41) is 2.85. The van der Waals surface area contributed by atoms with Crippen LogP contribution in [0.4, 0.5) is 32.0 Å². The Hall–Kier alpha value is -3.13. The Bertz CT molecular complexity index is 1340. The van der Waals surface area contributed by atoms with Gasteiger partial charge in [0.2, 0.25) is 17.2 Å². The minimum Gasteiger partial charge on any atom is -0.459 e. The van der Waals surface area contributed by atoms with Crippen LogP contribution in [0.1, 0.15) is 22.3 Å². The van der Waals surface area contributed by atoms with Crippen molar-refractivity contribution in [1.29, 1.82) is 0 Å². The summed E-state index contributed by atoms with van der Waals surface area (Å²) in [5.74, 6) is -2.20. The van der Waals surface area contributed by atoms with Crippen molar-refractivity contribution in [1.82, 2.24) is 5.32 Å². The average Bonchev–Trinajstić information content (AvgIpc) is 2.95. The number of aryl methyl sites for hydroxylation is 1. The quantitative estimate of drug-likeness (QED) is 0.570. The standard InChI is InChI=1S/C24H23F6N3O4S/c1-13-5-3-4-6-18(13)33-11-19(38(2,35)36)37-21-20(22(33)34)17(31-12-32-21)9-14-7-15(23(25,26)27)10-16(8-14)24(28,29)30/h3-8,10,17,19-20,31H,9,11-12H2,1-2H3. The number of nitrogens with zero attached hydrogens (tertiary/aromatic N) is 2. The molecule has 2 aromatic carbocycles. The van der Waals surface area contributed by atoms with Gasteiger partial charge in [-0.15, -0.1) is 0 Å². The zero-order valence-electron chi connectivity index (χ0n) is 20.1. The summed E-state index contributed by atoms with van der Waals surface area (Å²) < 4.78 is 111. The topological polar surface area (TPSA) is 88.1 Å². The molecule has 2 aliphatic rings. The molecule has 3 atom stereocenters. The molecule has 3 unspecified atom stereocenters. The van der Waals surface area contributed by atoms with E-state index < -0.39 is 63.0 Å². The number of para-hydroxylation sites is 1. The predicted octanol–water partition coefficient (Wildman–Crippen LogP) is 3.95. The van der Waals surface area contributed by atoms with Crippen LogP contribution in [0, 0.1) is 12.8 Å². The number of carbonyl (C=O) groups is 1. The molecule has 0 saturated carbocycles. The molecule has 1 N–H and O–H groups in total. The maximum absolute atomic E-state index is 13.8. The molecule has 0 aliphatic carbocycles. The van der Waals surface area contributed by atoms with Crippen molar-refractivity contribution >= 4 is 27.3 Å². The molecule has 1 fully saturated rings. The number of nitrogens with one attached hydrogen (secondary N) is 1. The van der Waals surface area contributed by atoms with Crippen molar-refractivity contribution in [2.45, 2.75) is 37.2 Å². The third-order valence-electron chi connectivity index (χ3n) is 6.36. The fourth-order valence-electron chi connectivity index (χ4n) is 4.48. The van der Waals surface area contributed by atoms with Crippen molar-refractivity contribution in [3.63, 3.8) is 0 Å². The van der Waals surface area contributed by atoms with Crippen LogP contribution < -0.4 is 10.2 Å². The number of aliphatic imine (C=N–C) groups is 1. The highest BCUT2D eigenvalue weighted by atomic mass is 32.2. The zero-order valence-corrected chi connectivity index (χ0v) is 20.9. The highest BCUT2D eigenvalue weighted by Crippen LogP contribution is 2.37. The van der Waals surface area contributed by atoms with E-state index in [-0.39, 0.29) is 30.7 Å². The molecule has 0 spiro atoms. The molecule has 14 heteroatoms. The van der Waals surface area contributed by atoms with Gasteiger partial charge in [0, 0.05) is 18.0 Å². The van der Waals surface area contributed by atoms with Gasteiger partial charge in [-0.1, -0.05) is 18.2 Å². The number of carbonyl (C=O) groups excluding carboxylic acids is 1. The second-order valence-corrected chi connectivity index (χ2v) is 11.4. The third-order valence-corrected chi connectivity index (χ3v) is 7.56. The molecule has 4 rings (SSSR count). The number of hydrogen-bond acceptors (Lipinski definition) is 6. The molecule has 2 aliphatic heterocycles. The molecule has 0 radical (unpaired) electrons. The van der Waals surface area contributed by atoms with Gasteiger partial charge in [0.05, 0.1) is 24.3 Å². The third kappa shape index (κ3) is 5.80. The Morgan fingerprint density at radius 3 is 2.21 bits per heavy atom. The lowest BCUT2D eigenvalue weighted by Gasteiger charge is -2.32. The summed E-state index contributed by atoms with van der Waals surface area (Å²) in [7, 11) is -3.86. The summed E-state index contributed by atoms with van der Waals surface area (Å²) in [4.78, 5) is 19.1. The highest BCUT2D eigenvalue weighted by Gasteiger charge is 2.46. The van der Waals surface area contributed by atoms with Crippen LogP contribution in [0.5, 0.6) is 0 Å². The number of fused-ring (bicyclic) bond motifs is 1. The van der Waals surface area contributed by atoms with Crippen LogP contribution in [0.3, 0.4) is 0 Å². The van der Waals surface area contributed by atoms with E-state index in [0.717, 1.165) is 6.26 Å². The highest BCUT2D eigenvalue weighted by molar-refractivity contribution is 7.91. The molecule has 1 saturated heterocycles. The molecule has 0 aromatic heterocycles. The van der Waals surface area contributed by atoms with Gasteiger partial charge in [-0.25, -0.2) is 13.4 Å². The van der Waals surface area contributed by atoms with Gasteiger partial charge < -0.3 is 9.64 Å². The fourth-order valence-corrected chi connectivity index (χ4v) is 5.18. The van der Waals surface area contributed by atoms with Gasteiger partial charge in [0.1, 0.15) is 5.92 Å². The Labute approximate surface area is 214 Å². The van der Waals surface area contributed by atoms with E-state index in [1.807, 2.05) is 0 Å². The predicted molar refractivity (Wildman–Crippen MR) is 126 cm³/mol. The number of anilines is 1. The van der Waals surface area contributed by atoms with Crippen LogP contribution >= 0.6 is 0 Å². The molecular weight excluding hydrogens is 540 g/mol. The molecule has 206 valence electrons. The lowest BCUT2D eigenvalue weighted by molar-refractivity contribution is -0.143. The minimum atomic E-state index is -5.03. The van der Waals surface area contributed by atoms with Crippen LogP contribution in [0.25, 0.3) is 0 Å². The van der Waals surface area contributed by atoms with Crippen LogP contribution in [-0.2, 0) is 38.1 Å². The van der Waals surface area contributed by atoms with Crippen molar-refractivity contribution in [3.05, 3.63) is 64.7 Å². The summed E-state index contributed by atoms with van der Waals surface area (Å²) in [6, 6.07) is 6.86. The van der Waals surface area contributed by atoms with Gasteiger partial charge in [-0.2, -0.15) is 26.3 Å². The number of rotatable bonds is 4. The SMILES string of the molecule is Cc1ccccc1N1CC(S(C)(=O)=O)OC2=NCNC(Cc3cc(C(F)(F)F)cc(C(F)(F)F)c3)C2C1=O.